The van der Waals surface area contributed by atoms with Crippen molar-refractivity contribution in [3.8, 4) is 11.5 Å². The minimum Gasteiger partial charge on any atom is -0.495 e. The molecule has 0 saturated heterocycles. The van der Waals surface area contributed by atoms with Crippen LogP contribution in [0.15, 0.2) is 42.5 Å². The molecule has 0 fully saturated rings. The summed E-state index contributed by atoms with van der Waals surface area (Å²) in [4.78, 5) is 11.0. The highest BCUT2D eigenvalue weighted by atomic mass is 16.5. The molecule has 0 saturated carbocycles. The first-order valence-electron chi connectivity index (χ1n) is 7.75. The van der Waals surface area contributed by atoms with Gasteiger partial charge in [-0.15, -0.1) is 10.2 Å². The highest BCUT2D eigenvalue weighted by molar-refractivity contribution is 5.89. The number of tetrazole rings is 1. The lowest BCUT2D eigenvalue weighted by molar-refractivity contribution is 0.0696. The molecule has 0 radical (unpaired) electrons. The average Bonchev–Trinajstić information content (AvgIpc) is 3.19. The van der Waals surface area contributed by atoms with Crippen LogP contribution in [0.2, 0.25) is 0 Å². The van der Waals surface area contributed by atoms with Crippen molar-refractivity contribution in [2.45, 2.75) is 13.2 Å². The summed E-state index contributed by atoms with van der Waals surface area (Å²) in [7, 11) is 1.50. The zero-order valence-electron chi connectivity index (χ0n) is 14.0. The second kappa shape index (κ2) is 7.97. The van der Waals surface area contributed by atoms with E-state index in [1.54, 1.807) is 6.07 Å². The van der Waals surface area contributed by atoms with E-state index in [-0.39, 0.29) is 12.2 Å². The summed E-state index contributed by atoms with van der Waals surface area (Å²) in [6.07, 6.45) is 0. The number of H-pyrrole nitrogens is 1. The zero-order chi connectivity index (χ0) is 18.4. The van der Waals surface area contributed by atoms with E-state index in [1.807, 2.05) is 24.3 Å². The molecular weight excluding hydrogens is 338 g/mol. The lowest BCUT2D eigenvalue weighted by Crippen LogP contribution is -2.04. The molecule has 0 aliphatic carbocycles. The van der Waals surface area contributed by atoms with Gasteiger partial charge in [-0.25, -0.2) is 4.79 Å². The molecule has 0 aliphatic heterocycles. The van der Waals surface area contributed by atoms with Gasteiger partial charge in [0.15, 0.2) is 6.61 Å². The molecular formula is C17H17N5O4. The van der Waals surface area contributed by atoms with Crippen molar-refractivity contribution >= 4 is 11.7 Å². The minimum absolute atomic E-state index is 0.176. The number of aromatic nitrogens is 4. The van der Waals surface area contributed by atoms with Crippen LogP contribution >= 0.6 is 0 Å². The van der Waals surface area contributed by atoms with Crippen molar-refractivity contribution < 1.29 is 19.4 Å². The summed E-state index contributed by atoms with van der Waals surface area (Å²) in [6, 6.07) is 12.3. The van der Waals surface area contributed by atoms with E-state index in [4.69, 9.17) is 14.6 Å². The number of aromatic carboxylic acids is 1. The Morgan fingerprint density at radius 3 is 2.69 bits per heavy atom. The fraction of sp³-hybridized carbons (Fsp3) is 0.176. The van der Waals surface area contributed by atoms with E-state index in [1.165, 1.54) is 19.2 Å². The first-order valence-corrected chi connectivity index (χ1v) is 7.75. The number of carboxylic acid groups (broad SMARTS) is 1. The molecule has 2 aromatic carbocycles. The molecule has 0 atom stereocenters. The second-order valence-electron chi connectivity index (χ2n) is 5.33. The van der Waals surface area contributed by atoms with Gasteiger partial charge in [-0.1, -0.05) is 17.3 Å². The molecule has 1 aromatic heterocycles. The van der Waals surface area contributed by atoms with Crippen LogP contribution in [0, 0.1) is 0 Å². The number of anilines is 1. The Bertz CT molecular complexity index is 865. The fourth-order valence-electron chi connectivity index (χ4n) is 2.26. The number of rotatable bonds is 8. The van der Waals surface area contributed by atoms with Gasteiger partial charge in [0.1, 0.15) is 11.5 Å². The van der Waals surface area contributed by atoms with Crippen LogP contribution in [0.4, 0.5) is 5.69 Å². The third-order valence-electron chi connectivity index (χ3n) is 3.61. The molecule has 1 heterocycles. The van der Waals surface area contributed by atoms with Crippen LogP contribution in [0.3, 0.4) is 0 Å². The van der Waals surface area contributed by atoms with E-state index >= 15 is 0 Å². The summed E-state index contributed by atoms with van der Waals surface area (Å²) in [5.41, 5.74) is 1.92. The Balaban J connectivity index is 1.58. The lowest BCUT2D eigenvalue weighted by Gasteiger charge is -2.12. The Kier molecular flexibility index (Phi) is 5.28. The molecule has 0 spiro atoms. The topological polar surface area (TPSA) is 122 Å². The van der Waals surface area contributed by atoms with Crippen molar-refractivity contribution in [2.75, 3.05) is 12.4 Å². The lowest BCUT2D eigenvalue weighted by atomic mass is 10.1. The van der Waals surface area contributed by atoms with E-state index in [9.17, 15) is 4.79 Å². The highest BCUT2D eigenvalue weighted by Gasteiger charge is 2.09. The maximum atomic E-state index is 11.0. The minimum atomic E-state index is -0.994. The van der Waals surface area contributed by atoms with Gasteiger partial charge in [-0.3, -0.25) is 0 Å². The second-order valence-corrected chi connectivity index (χ2v) is 5.33. The van der Waals surface area contributed by atoms with E-state index in [0.717, 1.165) is 11.3 Å². The average molecular weight is 355 g/mol. The number of hydrogen-bond donors (Lipinski definition) is 3. The summed E-state index contributed by atoms with van der Waals surface area (Å²) < 4.78 is 10.8. The van der Waals surface area contributed by atoms with Gasteiger partial charge >= 0.3 is 5.97 Å². The molecule has 3 rings (SSSR count). The van der Waals surface area contributed by atoms with E-state index < -0.39 is 5.97 Å². The van der Waals surface area contributed by atoms with Gasteiger partial charge in [0.05, 0.1) is 18.4 Å². The zero-order valence-corrected chi connectivity index (χ0v) is 14.0. The quantitative estimate of drug-likeness (QED) is 0.561. The highest BCUT2D eigenvalue weighted by Crippen LogP contribution is 2.26. The van der Waals surface area contributed by atoms with Crippen LogP contribution in [0.5, 0.6) is 11.5 Å². The number of aromatic amines is 1. The molecule has 3 N–H and O–H groups in total. The van der Waals surface area contributed by atoms with Crippen LogP contribution in [0.25, 0.3) is 0 Å². The normalized spacial score (nSPS) is 10.3. The fourth-order valence-corrected chi connectivity index (χ4v) is 2.26. The first-order chi connectivity index (χ1) is 12.7. The van der Waals surface area contributed by atoms with Crippen molar-refractivity contribution in [1.29, 1.82) is 0 Å². The molecule has 0 amide bonds. The summed E-state index contributed by atoms with van der Waals surface area (Å²) in [5, 5.41) is 25.7. The number of benzene rings is 2. The van der Waals surface area contributed by atoms with Crippen LogP contribution in [-0.2, 0) is 13.2 Å². The van der Waals surface area contributed by atoms with Gasteiger partial charge in [0.2, 0.25) is 5.82 Å². The Hall–Kier alpha value is -3.62. The standard InChI is InChI=1S/C17H17N5O4/c1-25-15-8-12(17(23)24)4-7-14(15)18-9-11-2-5-13(6-3-11)26-10-16-19-21-22-20-16/h2-8,18H,9-10H2,1H3,(H,23,24)(H,19,20,21,22). The van der Waals surface area contributed by atoms with E-state index in [0.29, 0.717) is 23.9 Å². The summed E-state index contributed by atoms with van der Waals surface area (Å²) >= 11 is 0. The van der Waals surface area contributed by atoms with Gasteiger partial charge in [-0.2, -0.15) is 5.21 Å². The van der Waals surface area contributed by atoms with Gasteiger partial charge in [-0.05, 0) is 35.9 Å². The molecule has 9 heteroatoms. The van der Waals surface area contributed by atoms with Gasteiger partial charge in [0.25, 0.3) is 0 Å². The van der Waals surface area contributed by atoms with Crippen molar-refractivity contribution in [2.24, 2.45) is 0 Å². The third-order valence-corrected chi connectivity index (χ3v) is 3.61. The predicted octanol–water partition coefficient (Wildman–Crippen LogP) is 2.10. The SMILES string of the molecule is COc1cc(C(=O)O)ccc1NCc1ccc(OCc2nn[nH]n2)cc1. The van der Waals surface area contributed by atoms with Crippen molar-refractivity contribution in [3.05, 3.63) is 59.4 Å². The molecule has 0 unspecified atom stereocenters. The summed E-state index contributed by atoms with van der Waals surface area (Å²) in [5.74, 6) is 0.658. The van der Waals surface area contributed by atoms with Crippen molar-refractivity contribution in [1.82, 2.24) is 20.6 Å². The van der Waals surface area contributed by atoms with Crippen LogP contribution < -0.4 is 14.8 Å². The number of nitrogens with one attached hydrogen (secondary N) is 2. The van der Waals surface area contributed by atoms with Crippen molar-refractivity contribution in [3.63, 3.8) is 0 Å². The van der Waals surface area contributed by atoms with Gasteiger partial charge in [0, 0.05) is 6.54 Å². The largest absolute Gasteiger partial charge is 0.495 e. The number of carboxylic acids is 1. The molecule has 0 bridgehead atoms. The molecule has 26 heavy (non-hydrogen) atoms. The van der Waals surface area contributed by atoms with Gasteiger partial charge < -0.3 is 19.9 Å². The smallest absolute Gasteiger partial charge is 0.335 e. The van der Waals surface area contributed by atoms with E-state index in [2.05, 4.69) is 25.9 Å². The number of methoxy groups -OCH3 is 1. The number of nitrogens with zero attached hydrogens (tertiary/aromatic N) is 3. The molecule has 3 aromatic rings. The van der Waals surface area contributed by atoms with Crippen LogP contribution in [0.1, 0.15) is 21.7 Å². The first kappa shape index (κ1) is 17.2. The molecule has 134 valence electrons. The predicted molar refractivity (Wildman–Crippen MR) is 92.2 cm³/mol. The number of ether oxygens (including phenoxy) is 2. The molecule has 0 aliphatic rings. The van der Waals surface area contributed by atoms with Crippen LogP contribution in [-0.4, -0.2) is 38.8 Å². The third kappa shape index (κ3) is 4.26. The Morgan fingerprint density at radius 1 is 1.23 bits per heavy atom. The Morgan fingerprint density at radius 2 is 2.04 bits per heavy atom. The number of carbonyl (C=O) groups is 1. The number of hydrogen-bond acceptors (Lipinski definition) is 7. The maximum absolute atomic E-state index is 11.0. The molecule has 9 nitrogen and oxygen atoms in total. The maximum Gasteiger partial charge on any atom is 0.335 e. The summed E-state index contributed by atoms with van der Waals surface area (Å²) in [6.45, 7) is 0.787. The monoisotopic (exact) mass is 355 g/mol. The Labute approximate surface area is 149 Å².